The number of anilines is 2. The third-order valence-electron chi connectivity index (χ3n) is 5.10. The second-order valence-electron chi connectivity index (χ2n) is 7.75. The zero-order valence-corrected chi connectivity index (χ0v) is 17.8. The van der Waals surface area contributed by atoms with Gasteiger partial charge in [-0.1, -0.05) is 42.5 Å². The molecule has 1 aliphatic carbocycles. The molecule has 0 heterocycles. The van der Waals surface area contributed by atoms with Crippen molar-refractivity contribution in [2.75, 3.05) is 30.0 Å². The van der Waals surface area contributed by atoms with Gasteiger partial charge in [-0.3, -0.25) is 9.59 Å². The fraction of sp³-hybridized carbons (Fsp3) is 0.231. The van der Waals surface area contributed by atoms with Crippen LogP contribution in [-0.2, 0) is 9.59 Å². The van der Waals surface area contributed by atoms with Crippen LogP contribution < -0.4 is 19.7 Å². The van der Waals surface area contributed by atoms with Crippen LogP contribution in [0.4, 0.5) is 11.4 Å². The van der Waals surface area contributed by atoms with Crippen LogP contribution in [-0.4, -0.2) is 31.6 Å². The van der Waals surface area contributed by atoms with Gasteiger partial charge in [-0.25, -0.2) is 0 Å². The molecule has 1 saturated carbocycles. The maximum Gasteiger partial charge on any atom is 0.264 e. The van der Waals surface area contributed by atoms with Crippen LogP contribution in [0.2, 0.25) is 0 Å². The summed E-state index contributed by atoms with van der Waals surface area (Å²) in [6.07, 6.45) is 2.24. The van der Waals surface area contributed by atoms with Gasteiger partial charge in [-0.15, -0.1) is 0 Å². The lowest BCUT2D eigenvalue weighted by Crippen LogP contribution is -2.36. The summed E-state index contributed by atoms with van der Waals surface area (Å²) in [6, 6.07) is 25.8. The van der Waals surface area contributed by atoms with E-state index < -0.39 is 0 Å². The van der Waals surface area contributed by atoms with Crippen LogP contribution in [0.15, 0.2) is 84.9 Å². The van der Waals surface area contributed by atoms with Gasteiger partial charge >= 0.3 is 0 Å². The van der Waals surface area contributed by atoms with Crippen molar-refractivity contribution in [2.45, 2.75) is 12.8 Å². The average Bonchev–Trinajstić information content (AvgIpc) is 3.65. The molecule has 32 heavy (non-hydrogen) atoms. The molecule has 0 atom stereocenters. The maximum absolute atomic E-state index is 13.0. The van der Waals surface area contributed by atoms with Crippen molar-refractivity contribution in [2.24, 2.45) is 5.92 Å². The van der Waals surface area contributed by atoms with Crippen molar-refractivity contribution in [3.63, 3.8) is 0 Å². The lowest BCUT2D eigenvalue weighted by atomic mass is 10.2. The molecule has 3 aromatic carbocycles. The van der Waals surface area contributed by atoms with Gasteiger partial charge in [0.25, 0.3) is 11.8 Å². The predicted molar refractivity (Wildman–Crippen MR) is 124 cm³/mol. The van der Waals surface area contributed by atoms with E-state index in [1.807, 2.05) is 66.7 Å². The Bertz CT molecular complexity index is 1040. The molecule has 0 aliphatic heterocycles. The van der Waals surface area contributed by atoms with E-state index in [1.165, 1.54) is 0 Å². The molecule has 0 aromatic heterocycles. The minimum Gasteiger partial charge on any atom is -0.484 e. The zero-order chi connectivity index (χ0) is 22.2. The van der Waals surface area contributed by atoms with E-state index in [0.717, 1.165) is 18.5 Å². The lowest BCUT2D eigenvalue weighted by Gasteiger charge is -2.23. The van der Waals surface area contributed by atoms with E-state index in [0.29, 0.717) is 29.6 Å². The number of carbonyl (C=O) groups is 2. The van der Waals surface area contributed by atoms with Crippen LogP contribution in [0.3, 0.4) is 0 Å². The normalized spacial score (nSPS) is 12.6. The summed E-state index contributed by atoms with van der Waals surface area (Å²) in [5.41, 5.74) is 1.35. The Morgan fingerprint density at radius 2 is 1.44 bits per heavy atom. The van der Waals surface area contributed by atoms with Crippen LogP contribution in [0.1, 0.15) is 12.8 Å². The quantitative estimate of drug-likeness (QED) is 0.513. The highest BCUT2D eigenvalue weighted by Crippen LogP contribution is 2.32. The topological polar surface area (TPSA) is 67.9 Å². The number of hydrogen-bond acceptors (Lipinski definition) is 4. The van der Waals surface area contributed by atoms with Gasteiger partial charge in [0, 0.05) is 17.9 Å². The standard InChI is InChI=1S/C26H26N2O4/c29-25(18-31-23-10-3-1-4-11-23)27-21-8-7-9-22(16-21)28(17-20-14-15-20)26(30)19-32-24-12-5-2-6-13-24/h1-13,16,20H,14-15,17-19H2,(H,27,29). The third-order valence-corrected chi connectivity index (χ3v) is 5.10. The summed E-state index contributed by atoms with van der Waals surface area (Å²) in [6.45, 7) is 0.508. The Labute approximate surface area is 187 Å². The van der Waals surface area contributed by atoms with Gasteiger partial charge in [-0.2, -0.15) is 0 Å². The summed E-state index contributed by atoms with van der Waals surface area (Å²) in [5, 5.41) is 2.84. The Morgan fingerprint density at radius 1 is 0.812 bits per heavy atom. The third kappa shape index (κ3) is 6.35. The minimum atomic E-state index is -0.265. The van der Waals surface area contributed by atoms with Crippen molar-refractivity contribution >= 4 is 23.2 Å². The van der Waals surface area contributed by atoms with Crippen molar-refractivity contribution in [3.05, 3.63) is 84.9 Å². The molecule has 1 aliphatic rings. The largest absolute Gasteiger partial charge is 0.484 e. The van der Waals surface area contributed by atoms with Gasteiger partial charge in [-0.05, 0) is 61.2 Å². The monoisotopic (exact) mass is 430 g/mol. The molecular formula is C26H26N2O4. The summed E-state index contributed by atoms with van der Waals surface area (Å²) >= 11 is 0. The summed E-state index contributed by atoms with van der Waals surface area (Å²) in [5.74, 6) is 1.42. The summed E-state index contributed by atoms with van der Waals surface area (Å²) in [7, 11) is 0. The fourth-order valence-corrected chi connectivity index (χ4v) is 3.26. The van der Waals surface area contributed by atoms with E-state index in [1.54, 1.807) is 23.1 Å². The molecule has 164 valence electrons. The first kappa shape index (κ1) is 21.4. The highest BCUT2D eigenvalue weighted by atomic mass is 16.5. The van der Waals surface area contributed by atoms with E-state index in [2.05, 4.69) is 5.32 Å². The Balaban J connectivity index is 1.38. The number of benzene rings is 3. The van der Waals surface area contributed by atoms with Crippen LogP contribution in [0.5, 0.6) is 11.5 Å². The first-order chi connectivity index (χ1) is 15.7. The number of hydrogen-bond donors (Lipinski definition) is 1. The zero-order valence-electron chi connectivity index (χ0n) is 17.8. The molecule has 6 nitrogen and oxygen atoms in total. The molecule has 1 N–H and O–H groups in total. The Morgan fingerprint density at radius 3 is 2.06 bits per heavy atom. The molecule has 2 amide bonds. The molecule has 0 spiro atoms. The Kier molecular flexibility index (Phi) is 7.02. The minimum absolute atomic E-state index is 0.0434. The summed E-state index contributed by atoms with van der Waals surface area (Å²) in [4.78, 5) is 27.0. The van der Waals surface area contributed by atoms with Crippen molar-refractivity contribution in [1.29, 1.82) is 0 Å². The van der Waals surface area contributed by atoms with E-state index in [-0.39, 0.29) is 25.0 Å². The van der Waals surface area contributed by atoms with Crippen LogP contribution in [0.25, 0.3) is 0 Å². The van der Waals surface area contributed by atoms with Crippen molar-refractivity contribution < 1.29 is 19.1 Å². The van der Waals surface area contributed by atoms with Gasteiger partial charge < -0.3 is 19.7 Å². The van der Waals surface area contributed by atoms with E-state index in [4.69, 9.17) is 9.47 Å². The van der Waals surface area contributed by atoms with Gasteiger partial charge in [0.2, 0.25) is 0 Å². The molecular weight excluding hydrogens is 404 g/mol. The number of amides is 2. The SMILES string of the molecule is O=C(COc1ccccc1)Nc1cccc(N(CC2CC2)C(=O)COc2ccccc2)c1. The van der Waals surface area contributed by atoms with Gasteiger partial charge in [0.1, 0.15) is 11.5 Å². The number of nitrogens with zero attached hydrogens (tertiary/aromatic N) is 1. The highest BCUT2D eigenvalue weighted by molar-refractivity contribution is 5.96. The van der Waals surface area contributed by atoms with E-state index in [9.17, 15) is 9.59 Å². The second kappa shape index (κ2) is 10.5. The maximum atomic E-state index is 13.0. The van der Waals surface area contributed by atoms with Crippen LogP contribution >= 0.6 is 0 Å². The highest BCUT2D eigenvalue weighted by Gasteiger charge is 2.28. The van der Waals surface area contributed by atoms with Gasteiger partial charge in [0.05, 0.1) is 0 Å². The molecule has 6 heteroatoms. The predicted octanol–water partition coefficient (Wildman–Crippen LogP) is 4.53. The van der Waals surface area contributed by atoms with Gasteiger partial charge in [0.15, 0.2) is 13.2 Å². The molecule has 0 radical (unpaired) electrons. The van der Waals surface area contributed by atoms with Crippen molar-refractivity contribution in [1.82, 2.24) is 0 Å². The number of rotatable bonds is 10. The molecule has 0 bridgehead atoms. The molecule has 3 aromatic rings. The first-order valence-corrected chi connectivity index (χ1v) is 10.7. The fourth-order valence-electron chi connectivity index (χ4n) is 3.26. The second-order valence-corrected chi connectivity index (χ2v) is 7.75. The average molecular weight is 431 g/mol. The molecule has 1 fully saturated rings. The molecule has 4 rings (SSSR count). The lowest BCUT2D eigenvalue weighted by molar-refractivity contribution is -0.120. The molecule has 0 unspecified atom stereocenters. The number of ether oxygens (including phenoxy) is 2. The first-order valence-electron chi connectivity index (χ1n) is 10.7. The number of para-hydroxylation sites is 2. The van der Waals surface area contributed by atoms with E-state index >= 15 is 0 Å². The smallest absolute Gasteiger partial charge is 0.264 e. The number of nitrogens with one attached hydrogen (secondary N) is 1. The summed E-state index contributed by atoms with van der Waals surface area (Å²) < 4.78 is 11.2. The molecule has 0 saturated heterocycles. The van der Waals surface area contributed by atoms with Crippen LogP contribution in [0, 0.1) is 5.92 Å². The number of carbonyl (C=O) groups excluding carboxylic acids is 2. The van der Waals surface area contributed by atoms with Crippen molar-refractivity contribution in [3.8, 4) is 11.5 Å². The Hall–Kier alpha value is -3.80.